The fourth-order valence-electron chi connectivity index (χ4n) is 0.0879. The number of aliphatic imine (C=N–C) groups is 1. The summed E-state index contributed by atoms with van der Waals surface area (Å²) in [5.74, 6) is 0.398. The highest BCUT2D eigenvalue weighted by atomic mass is 35.5. The molecule has 0 N–H and O–H groups in total. The lowest BCUT2D eigenvalue weighted by atomic mass is 10.8. The lowest BCUT2D eigenvalue weighted by Crippen LogP contribution is -1.75. The second-order valence-corrected chi connectivity index (χ2v) is 1.95. The van der Waals surface area contributed by atoms with E-state index in [9.17, 15) is 4.79 Å². The van der Waals surface area contributed by atoms with Crippen molar-refractivity contribution in [3.63, 3.8) is 0 Å². The lowest BCUT2D eigenvalue weighted by molar-refractivity contribution is 0.563. The Morgan fingerprint density at radius 3 is 1.89 bits per heavy atom. The Bertz CT molecular complexity index is 81.9. The number of hydrogen-bond donors (Lipinski definition) is 0. The fraction of sp³-hybridized carbons (Fsp3) is 0.750. The monoisotopic (exact) mass is 189 g/mol. The second kappa shape index (κ2) is 15.7. The van der Waals surface area contributed by atoms with Crippen LogP contribution in [-0.2, 0) is 4.79 Å². The molecule has 0 aromatic carbocycles. The van der Waals surface area contributed by atoms with E-state index >= 15 is 0 Å². The summed E-state index contributed by atoms with van der Waals surface area (Å²) in [6.07, 6.45) is 1.36. The summed E-state index contributed by atoms with van der Waals surface area (Å²) in [5, 5.41) is 0.194. The highest BCUT2D eigenvalue weighted by Gasteiger charge is 1.68. The van der Waals surface area contributed by atoms with Crippen LogP contribution in [0.3, 0.4) is 0 Å². The van der Waals surface area contributed by atoms with Crippen molar-refractivity contribution in [3.05, 3.63) is 0 Å². The molecule has 0 aromatic heterocycles. The molecular weight excluding hydrogens is 184 g/mol. The minimum absolute atomic E-state index is 0.194. The van der Waals surface area contributed by atoms with E-state index in [1.54, 1.807) is 0 Å². The molecule has 0 aromatic rings. The summed E-state index contributed by atoms with van der Waals surface area (Å²) in [7, 11) is 0. The molecule has 0 amide bonds. The number of halogens is 3. The molecule has 0 saturated carbocycles. The molecule has 5 heteroatoms. The van der Waals surface area contributed by atoms with E-state index in [2.05, 4.69) is 4.99 Å². The lowest BCUT2D eigenvalue weighted by Gasteiger charge is -1.69. The van der Waals surface area contributed by atoms with E-state index in [1.165, 1.54) is 6.08 Å². The van der Waals surface area contributed by atoms with Crippen LogP contribution in [0.1, 0.15) is 0 Å². The molecule has 0 atom stereocenters. The van der Waals surface area contributed by atoms with Crippen molar-refractivity contribution in [2.24, 2.45) is 4.99 Å². The van der Waals surface area contributed by atoms with Gasteiger partial charge in [0.25, 0.3) is 0 Å². The zero-order valence-corrected chi connectivity index (χ0v) is 6.88. The molecule has 0 unspecified atom stereocenters. The molecule has 54 valence electrons. The first-order valence-electron chi connectivity index (χ1n) is 2.05. The van der Waals surface area contributed by atoms with E-state index in [0.717, 1.165) is 0 Å². The molecule has 0 spiro atoms. The van der Waals surface area contributed by atoms with Gasteiger partial charge in [-0.1, -0.05) is 0 Å². The Balaban J connectivity index is 0. The van der Waals surface area contributed by atoms with Crippen molar-refractivity contribution in [3.8, 4) is 0 Å². The van der Waals surface area contributed by atoms with Crippen molar-refractivity contribution in [2.45, 2.75) is 0 Å². The van der Waals surface area contributed by atoms with Gasteiger partial charge in [-0.15, -0.1) is 34.8 Å². The quantitative estimate of drug-likeness (QED) is 0.372. The van der Waals surface area contributed by atoms with E-state index in [0.29, 0.717) is 12.4 Å². The smallest absolute Gasteiger partial charge is 0.211 e. The second-order valence-electron chi connectivity index (χ2n) is 0.763. The number of alkyl halides is 3. The molecule has 0 aliphatic rings. The van der Waals surface area contributed by atoms with Gasteiger partial charge < -0.3 is 0 Å². The van der Waals surface area contributed by atoms with Crippen LogP contribution < -0.4 is 0 Å². The Morgan fingerprint density at radius 1 is 1.33 bits per heavy atom. The third-order valence-corrected chi connectivity index (χ3v) is 0.430. The van der Waals surface area contributed by atoms with E-state index in [1.807, 2.05) is 0 Å². The topological polar surface area (TPSA) is 29.4 Å². The first-order valence-corrected chi connectivity index (χ1v) is 3.65. The normalized spacial score (nSPS) is 6.56. The van der Waals surface area contributed by atoms with Gasteiger partial charge in [-0.3, -0.25) is 0 Å². The van der Waals surface area contributed by atoms with Gasteiger partial charge in [0.1, 0.15) is 0 Å². The summed E-state index contributed by atoms with van der Waals surface area (Å²) < 4.78 is 0. The molecule has 0 aliphatic carbocycles. The zero-order chi connectivity index (χ0) is 7.54. The van der Waals surface area contributed by atoms with E-state index < -0.39 is 0 Å². The molecule has 9 heavy (non-hydrogen) atoms. The SMILES string of the molecule is ClCCl.O=C=NCCCl. The number of hydrogen-bond acceptors (Lipinski definition) is 2. The average molecular weight is 190 g/mol. The van der Waals surface area contributed by atoms with Crippen molar-refractivity contribution in [1.82, 2.24) is 0 Å². The molecule has 0 aliphatic heterocycles. The predicted octanol–water partition coefficient (Wildman–Crippen LogP) is 1.98. The third kappa shape index (κ3) is 30.5. The molecular formula is C4H6Cl3NO. The van der Waals surface area contributed by atoms with Crippen LogP contribution in [0.25, 0.3) is 0 Å². The van der Waals surface area contributed by atoms with Crippen molar-refractivity contribution >= 4 is 40.9 Å². The van der Waals surface area contributed by atoms with Gasteiger partial charge in [-0.05, 0) is 0 Å². The number of isocyanates is 1. The third-order valence-electron chi connectivity index (χ3n) is 0.261. The van der Waals surface area contributed by atoms with Crippen molar-refractivity contribution in [2.75, 3.05) is 17.8 Å². The van der Waals surface area contributed by atoms with Gasteiger partial charge in [0.15, 0.2) is 0 Å². The maximum Gasteiger partial charge on any atom is 0.234 e. The minimum atomic E-state index is 0.194. The minimum Gasteiger partial charge on any atom is -0.211 e. The van der Waals surface area contributed by atoms with Crippen LogP contribution in [0.15, 0.2) is 4.99 Å². The molecule has 2 nitrogen and oxygen atoms in total. The molecule has 0 radical (unpaired) electrons. The number of carbonyl (C=O) groups excluding carboxylic acids is 1. The van der Waals surface area contributed by atoms with Crippen LogP contribution in [0.4, 0.5) is 0 Å². The summed E-state index contributed by atoms with van der Waals surface area (Å²) >= 11 is 14.6. The van der Waals surface area contributed by atoms with E-state index in [4.69, 9.17) is 34.8 Å². The standard InChI is InChI=1S/C3H4ClNO.CH2Cl2/c4-1-2-5-3-6;2-1-3/h1-2H2;1H2. The Morgan fingerprint density at radius 2 is 1.78 bits per heavy atom. The average Bonchev–Trinajstić information content (AvgIpc) is 1.86. The Hall–Kier alpha value is 0.250. The van der Waals surface area contributed by atoms with Gasteiger partial charge in [-0.25, -0.2) is 9.79 Å². The van der Waals surface area contributed by atoms with Crippen LogP contribution in [-0.4, -0.2) is 23.8 Å². The van der Waals surface area contributed by atoms with Gasteiger partial charge in [0, 0.05) is 5.88 Å². The van der Waals surface area contributed by atoms with Crippen LogP contribution in [0.5, 0.6) is 0 Å². The number of nitrogens with zero attached hydrogens (tertiary/aromatic N) is 1. The highest BCUT2D eigenvalue weighted by molar-refractivity contribution is 6.40. The van der Waals surface area contributed by atoms with Gasteiger partial charge in [-0.2, -0.15) is 0 Å². The fourth-order valence-corrected chi connectivity index (χ4v) is 0.172. The molecule has 0 fully saturated rings. The van der Waals surface area contributed by atoms with Crippen LogP contribution in [0.2, 0.25) is 0 Å². The summed E-state index contributed by atoms with van der Waals surface area (Å²) in [5.41, 5.74) is 0. The number of rotatable bonds is 2. The van der Waals surface area contributed by atoms with Gasteiger partial charge >= 0.3 is 0 Å². The maximum absolute atomic E-state index is 9.21. The zero-order valence-electron chi connectivity index (χ0n) is 4.61. The summed E-state index contributed by atoms with van der Waals surface area (Å²) in [6, 6.07) is 0. The molecule has 0 rings (SSSR count). The maximum atomic E-state index is 9.21. The Kier molecular flexibility index (Phi) is 20.9. The predicted molar refractivity (Wildman–Crippen MR) is 40.3 cm³/mol. The molecule has 0 saturated heterocycles. The largest absolute Gasteiger partial charge is 0.234 e. The van der Waals surface area contributed by atoms with Gasteiger partial charge in [0.2, 0.25) is 6.08 Å². The first kappa shape index (κ1) is 12.0. The molecule has 0 bridgehead atoms. The van der Waals surface area contributed by atoms with Crippen molar-refractivity contribution < 1.29 is 4.79 Å². The molecule has 0 heterocycles. The highest BCUT2D eigenvalue weighted by Crippen LogP contribution is 1.73. The summed E-state index contributed by atoms with van der Waals surface area (Å²) in [4.78, 5) is 12.4. The van der Waals surface area contributed by atoms with Gasteiger partial charge in [0.05, 0.1) is 11.9 Å². The van der Waals surface area contributed by atoms with Crippen LogP contribution >= 0.6 is 34.8 Å². The van der Waals surface area contributed by atoms with Crippen molar-refractivity contribution in [1.29, 1.82) is 0 Å². The summed E-state index contributed by atoms with van der Waals surface area (Å²) in [6.45, 7) is 0.380. The van der Waals surface area contributed by atoms with Crippen LogP contribution in [0, 0.1) is 0 Å². The first-order chi connectivity index (χ1) is 4.33. The Labute approximate surface area is 68.8 Å². The van der Waals surface area contributed by atoms with E-state index in [-0.39, 0.29) is 5.34 Å².